The fourth-order valence-corrected chi connectivity index (χ4v) is 4.61. The normalized spacial score (nSPS) is 17.2. The Kier molecular flexibility index (Phi) is 8.51. The summed E-state index contributed by atoms with van der Waals surface area (Å²) in [4.78, 5) is 21.9. The number of carbonyl (C=O) groups excluding carboxylic acids is 1. The van der Waals surface area contributed by atoms with Gasteiger partial charge in [-0.15, -0.1) is 0 Å². The van der Waals surface area contributed by atoms with E-state index in [9.17, 15) is 14.3 Å². The summed E-state index contributed by atoms with van der Waals surface area (Å²) >= 11 is 0. The number of anilines is 3. The maximum atomic E-state index is 14.9. The molecule has 5 rings (SSSR count). The number of aliphatic hydroxyl groups is 1. The van der Waals surface area contributed by atoms with E-state index in [0.29, 0.717) is 47.6 Å². The van der Waals surface area contributed by atoms with Crippen molar-refractivity contribution in [3.8, 4) is 5.69 Å². The Labute approximate surface area is 232 Å². The summed E-state index contributed by atoms with van der Waals surface area (Å²) < 4.78 is 22.0. The van der Waals surface area contributed by atoms with Crippen molar-refractivity contribution in [2.24, 2.45) is 11.8 Å². The molecule has 1 aromatic carbocycles. The highest BCUT2D eigenvalue weighted by atomic mass is 19.1. The number of nitrogens with zero attached hydrogens (tertiary/aromatic N) is 4. The summed E-state index contributed by atoms with van der Waals surface area (Å²) in [6, 6.07) is 11.8. The Morgan fingerprint density at radius 2 is 2.10 bits per heavy atom. The predicted octanol–water partition coefficient (Wildman–Crippen LogP) is 4.17. The molecule has 1 saturated heterocycles. The molecule has 2 atom stereocenters. The van der Waals surface area contributed by atoms with E-state index in [4.69, 9.17) is 9.72 Å². The molecule has 2 unspecified atom stereocenters. The summed E-state index contributed by atoms with van der Waals surface area (Å²) in [6.07, 6.45) is 4.95. The lowest BCUT2D eigenvalue weighted by atomic mass is 9.93. The number of piperidine rings is 1. The van der Waals surface area contributed by atoms with E-state index in [-0.39, 0.29) is 30.2 Å². The van der Waals surface area contributed by atoms with E-state index >= 15 is 0 Å². The number of fused-ring (bicyclic) bond motifs is 1. The fourth-order valence-electron chi connectivity index (χ4n) is 4.61. The summed E-state index contributed by atoms with van der Waals surface area (Å²) in [7, 11) is 0. The van der Waals surface area contributed by atoms with Crippen LogP contribution in [0.1, 0.15) is 32.4 Å². The molecule has 11 heteroatoms. The number of aliphatic hydroxyl groups excluding tert-OH is 1. The van der Waals surface area contributed by atoms with Crippen molar-refractivity contribution in [2.75, 3.05) is 30.3 Å². The van der Waals surface area contributed by atoms with Gasteiger partial charge in [-0.05, 0) is 55.6 Å². The van der Waals surface area contributed by atoms with Crippen molar-refractivity contribution in [3.05, 3.63) is 66.4 Å². The number of ether oxygens (including phenoxy) is 1. The Morgan fingerprint density at radius 1 is 1.23 bits per heavy atom. The number of hydrogen-bond acceptors (Lipinski definition) is 9. The van der Waals surface area contributed by atoms with Gasteiger partial charge in [-0.2, -0.15) is 5.10 Å². The summed E-state index contributed by atoms with van der Waals surface area (Å²) in [5.41, 5.74) is 1.97. The smallest absolute Gasteiger partial charge is 0.312 e. The lowest BCUT2D eigenvalue weighted by molar-refractivity contribution is -0.149. The number of esters is 1. The van der Waals surface area contributed by atoms with Gasteiger partial charge in [-0.1, -0.05) is 13.8 Å². The van der Waals surface area contributed by atoms with Crippen LogP contribution in [-0.4, -0.2) is 56.6 Å². The molecule has 4 heterocycles. The van der Waals surface area contributed by atoms with Crippen LogP contribution in [0.2, 0.25) is 0 Å². The molecule has 0 bridgehead atoms. The highest BCUT2D eigenvalue weighted by molar-refractivity contribution is 5.82. The second-order valence-electron chi connectivity index (χ2n) is 10.4. The van der Waals surface area contributed by atoms with E-state index in [1.807, 2.05) is 12.1 Å². The van der Waals surface area contributed by atoms with Gasteiger partial charge in [0.15, 0.2) is 0 Å². The van der Waals surface area contributed by atoms with Crippen LogP contribution in [0.25, 0.3) is 16.6 Å². The molecule has 210 valence electrons. The maximum Gasteiger partial charge on any atom is 0.312 e. The lowest BCUT2D eigenvalue weighted by Crippen LogP contribution is -2.48. The van der Waals surface area contributed by atoms with Crippen LogP contribution in [0.15, 0.2) is 54.9 Å². The summed E-state index contributed by atoms with van der Waals surface area (Å²) in [6.45, 7) is 5.80. The zero-order valence-electron chi connectivity index (χ0n) is 22.6. The van der Waals surface area contributed by atoms with Crippen LogP contribution in [0.3, 0.4) is 0 Å². The van der Waals surface area contributed by atoms with Crippen molar-refractivity contribution >= 4 is 34.2 Å². The number of benzene rings is 1. The number of halogens is 1. The lowest BCUT2D eigenvalue weighted by Gasteiger charge is -2.31. The molecule has 3 aromatic heterocycles. The number of pyridine rings is 2. The molecule has 0 spiro atoms. The van der Waals surface area contributed by atoms with Crippen molar-refractivity contribution in [2.45, 2.75) is 39.3 Å². The van der Waals surface area contributed by atoms with Gasteiger partial charge in [0.05, 0.1) is 41.7 Å². The van der Waals surface area contributed by atoms with Gasteiger partial charge in [0.2, 0.25) is 0 Å². The van der Waals surface area contributed by atoms with Crippen molar-refractivity contribution in [1.29, 1.82) is 0 Å². The third-order valence-electron chi connectivity index (χ3n) is 6.92. The van der Waals surface area contributed by atoms with Crippen LogP contribution >= 0.6 is 0 Å². The van der Waals surface area contributed by atoms with Crippen LogP contribution < -0.4 is 16.0 Å². The van der Waals surface area contributed by atoms with Gasteiger partial charge >= 0.3 is 5.97 Å². The summed E-state index contributed by atoms with van der Waals surface area (Å²) in [5, 5.41) is 24.0. The first-order valence-electron chi connectivity index (χ1n) is 13.5. The zero-order chi connectivity index (χ0) is 28.1. The minimum atomic E-state index is -0.471. The molecule has 0 radical (unpaired) electrons. The average molecular weight is 548 g/mol. The number of hydrogen-bond donors (Lipinski definition) is 4. The van der Waals surface area contributed by atoms with Crippen LogP contribution in [0.5, 0.6) is 0 Å². The molecule has 0 amide bonds. The first-order chi connectivity index (χ1) is 19.4. The number of aromatic nitrogens is 4. The third-order valence-corrected chi connectivity index (χ3v) is 6.92. The van der Waals surface area contributed by atoms with Crippen molar-refractivity contribution in [3.63, 3.8) is 0 Å². The maximum absolute atomic E-state index is 14.9. The second-order valence-corrected chi connectivity index (χ2v) is 10.4. The Morgan fingerprint density at radius 3 is 2.88 bits per heavy atom. The predicted molar refractivity (Wildman–Crippen MR) is 151 cm³/mol. The van der Waals surface area contributed by atoms with Crippen molar-refractivity contribution in [1.82, 2.24) is 25.1 Å². The first-order valence-corrected chi connectivity index (χ1v) is 13.5. The molecule has 10 nitrogen and oxygen atoms in total. The molecule has 0 aliphatic carbocycles. The first kappa shape index (κ1) is 27.5. The summed E-state index contributed by atoms with van der Waals surface area (Å²) in [5.74, 6) is 0.585. The highest BCUT2D eigenvalue weighted by Crippen LogP contribution is 2.25. The molecule has 1 aliphatic rings. The third kappa shape index (κ3) is 6.54. The van der Waals surface area contributed by atoms with E-state index in [2.05, 4.69) is 39.9 Å². The van der Waals surface area contributed by atoms with E-state index in [1.165, 1.54) is 10.7 Å². The van der Waals surface area contributed by atoms with Gasteiger partial charge in [0.25, 0.3) is 0 Å². The Hall–Kier alpha value is -4.09. The van der Waals surface area contributed by atoms with Gasteiger partial charge in [0.1, 0.15) is 17.5 Å². The molecule has 4 N–H and O–H groups in total. The molecule has 1 aliphatic heterocycles. The number of rotatable bonds is 10. The highest BCUT2D eigenvalue weighted by Gasteiger charge is 2.32. The van der Waals surface area contributed by atoms with Gasteiger partial charge in [-0.25, -0.2) is 19.0 Å². The average Bonchev–Trinajstić information content (AvgIpc) is 3.43. The quantitative estimate of drug-likeness (QED) is 0.216. The zero-order valence-corrected chi connectivity index (χ0v) is 22.6. The standard InChI is InChI=1S/C29H34FN7O3/c1-18(2)9-12-40-29(39)22-16-31-10-7-24(22)33-27-6-3-19-15-32-28(14-26(19)35-27)34-25-5-4-21(13-23(25)30)37-11-8-20(17-38)36-37/h3-6,8,11,13-15,18,22,24,31,38H,7,9-10,12,16-17H2,1-2H3,(H,32,34)(H,33,35). The Balaban J connectivity index is 1.29. The van der Waals surface area contributed by atoms with Gasteiger partial charge < -0.3 is 25.8 Å². The second kappa shape index (κ2) is 12.4. The molecule has 40 heavy (non-hydrogen) atoms. The SMILES string of the molecule is CC(C)CCOC(=O)C1CNCCC1Nc1ccc2cnc(Nc3ccc(-n4ccc(CO)n4)cc3F)cc2n1. The minimum Gasteiger partial charge on any atom is -0.465 e. The monoisotopic (exact) mass is 547 g/mol. The van der Waals surface area contributed by atoms with Gasteiger partial charge in [0, 0.05) is 42.5 Å². The molecule has 0 saturated carbocycles. The molecule has 4 aromatic rings. The van der Waals surface area contributed by atoms with E-state index < -0.39 is 5.82 Å². The Bertz CT molecular complexity index is 1480. The number of nitrogens with one attached hydrogen (secondary N) is 3. The molecular formula is C29H34FN7O3. The number of carbonyl (C=O) groups is 1. The minimum absolute atomic E-state index is 0.104. The van der Waals surface area contributed by atoms with Gasteiger partial charge in [-0.3, -0.25) is 4.79 Å². The van der Waals surface area contributed by atoms with Crippen LogP contribution in [-0.2, 0) is 16.1 Å². The molecular weight excluding hydrogens is 513 g/mol. The topological polar surface area (TPSA) is 126 Å². The van der Waals surface area contributed by atoms with E-state index in [1.54, 1.807) is 36.7 Å². The van der Waals surface area contributed by atoms with E-state index in [0.717, 1.165) is 24.8 Å². The van der Waals surface area contributed by atoms with Crippen LogP contribution in [0, 0.1) is 17.7 Å². The molecule has 1 fully saturated rings. The fraction of sp³-hybridized carbons (Fsp3) is 0.379. The largest absolute Gasteiger partial charge is 0.465 e. The van der Waals surface area contributed by atoms with Crippen LogP contribution in [0.4, 0.5) is 21.7 Å². The van der Waals surface area contributed by atoms with Crippen molar-refractivity contribution < 1.29 is 19.0 Å².